The highest BCUT2D eigenvalue weighted by Gasteiger charge is 2.07. The van der Waals surface area contributed by atoms with E-state index in [0.717, 1.165) is 0 Å². The van der Waals surface area contributed by atoms with Crippen molar-refractivity contribution in [2.24, 2.45) is 0 Å². The Labute approximate surface area is 68.1 Å². The monoisotopic (exact) mass is 167 g/mol. The van der Waals surface area contributed by atoms with E-state index in [1.54, 1.807) is 0 Å². The van der Waals surface area contributed by atoms with Crippen LogP contribution in [0.25, 0.3) is 0 Å². The number of aromatic nitrogens is 2. The van der Waals surface area contributed by atoms with Crippen molar-refractivity contribution in [3.8, 4) is 0 Å². The lowest BCUT2D eigenvalue weighted by Gasteiger charge is -2.03. The Kier molecular flexibility index (Phi) is 1.82. The normalized spacial score (nSPS) is 9.75. The fraction of sp³-hybridized carbons (Fsp3) is 0.167. The van der Waals surface area contributed by atoms with Gasteiger partial charge in [-0.3, -0.25) is 0 Å². The number of hydrogen-bond donors (Lipinski definition) is 4. The molecule has 6 nitrogen and oxygen atoms in total. The summed E-state index contributed by atoms with van der Waals surface area (Å²) in [6, 6.07) is 0. The van der Waals surface area contributed by atoms with Crippen LogP contribution >= 0.6 is 0 Å². The molecular weight excluding hydrogens is 158 g/mol. The van der Waals surface area contributed by atoms with Gasteiger partial charge in [0.05, 0.1) is 11.4 Å². The van der Waals surface area contributed by atoms with Gasteiger partial charge in [-0.2, -0.15) is 4.98 Å². The van der Waals surface area contributed by atoms with Gasteiger partial charge >= 0.3 is 5.69 Å². The smallest absolute Gasteiger partial charge is 0.347 e. The van der Waals surface area contributed by atoms with E-state index in [1.807, 2.05) is 0 Å². The van der Waals surface area contributed by atoms with Crippen LogP contribution in [0.15, 0.2) is 4.79 Å². The van der Waals surface area contributed by atoms with Crippen molar-refractivity contribution in [2.45, 2.75) is 6.92 Å². The van der Waals surface area contributed by atoms with Crippen LogP contribution in [0.3, 0.4) is 0 Å². The number of anilines is 2. The maximum absolute atomic E-state index is 10.8. The van der Waals surface area contributed by atoms with E-state index in [-0.39, 0.29) is 22.9 Å². The van der Waals surface area contributed by atoms with Crippen molar-refractivity contribution in [3.05, 3.63) is 16.2 Å². The van der Waals surface area contributed by atoms with Crippen molar-refractivity contribution in [1.82, 2.24) is 9.97 Å². The first-order valence-corrected chi connectivity index (χ1v) is 3.23. The molecule has 1 aromatic rings. The van der Waals surface area contributed by atoms with Gasteiger partial charge in [-0.15, -0.1) is 0 Å². The van der Waals surface area contributed by atoms with Gasteiger partial charge in [0.25, 0.3) is 0 Å². The number of hydrogen-bond acceptors (Lipinski definition) is 5. The summed E-state index contributed by atoms with van der Waals surface area (Å²) < 4.78 is 0. The highest BCUT2D eigenvalue weighted by molar-refractivity contribution is 6.00. The molecule has 6 N–H and O–H groups in total. The summed E-state index contributed by atoms with van der Waals surface area (Å²) in [6.07, 6.45) is 0. The first-order chi connectivity index (χ1) is 5.52. The second kappa shape index (κ2) is 2.65. The van der Waals surface area contributed by atoms with Crippen molar-refractivity contribution in [1.29, 1.82) is 5.41 Å². The van der Waals surface area contributed by atoms with E-state index in [4.69, 9.17) is 16.9 Å². The summed E-state index contributed by atoms with van der Waals surface area (Å²) in [6.45, 7) is 1.50. The third kappa shape index (κ3) is 1.26. The molecule has 0 aliphatic heterocycles. The van der Waals surface area contributed by atoms with Crippen molar-refractivity contribution in [3.63, 3.8) is 0 Å². The standard InChI is InChI=1S/C6H9N5O/c1-2(7)4-3(8)5(9)11-6(12)10-4/h7H,8H2,1H3,(H3,9,10,11,12). The SMILES string of the molecule is CC(=N)c1[nH]c(=O)nc(N)c1N. The Bertz CT molecular complexity index is 380. The van der Waals surface area contributed by atoms with Crippen LogP contribution in [-0.2, 0) is 0 Å². The summed E-state index contributed by atoms with van der Waals surface area (Å²) in [5.41, 5.74) is 10.7. The molecule has 0 unspecified atom stereocenters. The van der Waals surface area contributed by atoms with Crippen LogP contribution in [0.4, 0.5) is 11.5 Å². The van der Waals surface area contributed by atoms with E-state index in [1.165, 1.54) is 6.92 Å². The van der Waals surface area contributed by atoms with Gasteiger partial charge in [0.2, 0.25) is 0 Å². The molecule has 0 aliphatic rings. The number of aromatic amines is 1. The maximum atomic E-state index is 10.8. The molecule has 0 atom stereocenters. The molecule has 1 heterocycles. The number of H-pyrrole nitrogens is 1. The molecule has 1 rings (SSSR count). The summed E-state index contributed by atoms with van der Waals surface area (Å²) in [5.74, 6) is -0.0413. The van der Waals surface area contributed by atoms with Gasteiger partial charge in [-0.1, -0.05) is 0 Å². The largest absolute Gasteiger partial charge is 0.394 e. The average molecular weight is 167 g/mol. The molecule has 0 aromatic carbocycles. The zero-order valence-corrected chi connectivity index (χ0v) is 6.51. The van der Waals surface area contributed by atoms with Gasteiger partial charge < -0.3 is 21.9 Å². The molecule has 6 heteroatoms. The number of rotatable bonds is 1. The molecule has 1 aromatic heterocycles. The minimum absolute atomic E-state index is 0.0413. The number of nitrogens with one attached hydrogen (secondary N) is 2. The molecule has 0 spiro atoms. The Morgan fingerprint density at radius 2 is 2.17 bits per heavy atom. The Morgan fingerprint density at radius 1 is 1.58 bits per heavy atom. The second-order valence-electron chi connectivity index (χ2n) is 2.34. The van der Waals surface area contributed by atoms with Gasteiger partial charge in [0, 0.05) is 0 Å². The molecule has 0 radical (unpaired) electrons. The summed E-state index contributed by atoms with van der Waals surface area (Å²) in [5, 5.41) is 7.24. The molecule has 0 aliphatic carbocycles. The van der Waals surface area contributed by atoms with Crippen LogP contribution < -0.4 is 17.2 Å². The third-order valence-corrected chi connectivity index (χ3v) is 1.37. The van der Waals surface area contributed by atoms with E-state index in [9.17, 15) is 4.79 Å². The molecule has 12 heavy (non-hydrogen) atoms. The Balaban J connectivity index is 3.48. The van der Waals surface area contributed by atoms with E-state index in [0.29, 0.717) is 0 Å². The lowest BCUT2D eigenvalue weighted by Crippen LogP contribution is -2.19. The van der Waals surface area contributed by atoms with Crippen molar-refractivity contribution >= 4 is 17.2 Å². The molecule has 0 saturated heterocycles. The molecule has 0 saturated carbocycles. The van der Waals surface area contributed by atoms with Crippen LogP contribution in [0.1, 0.15) is 12.6 Å². The lowest BCUT2D eigenvalue weighted by atomic mass is 10.2. The molecule has 0 fully saturated rings. The first kappa shape index (κ1) is 8.25. The van der Waals surface area contributed by atoms with Crippen molar-refractivity contribution < 1.29 is 0 Å². The molecule has 64 valence electrons. The van der Waals surface area contributed by atoms with Crippen molar-refractivity contribution in [2.75, 3.05) is 11.5 Å². The van der Waals surface area contributed by atoms with Crippen LogP contribution in [0, 0.1) is 5.41 Å². The van der Waals surface area contributed by atoms with E-state index in [2.05, 4.69) is 9.97 Å². The van der Waals surface area contributed by atoms with Gasteiger partial charge in [-0.25, -0.2) is 4.79 Å². The summed E-state index contributed by atoms with van der Waals surface area (Å²) in [7, 11) is 0. The van der Waals surface area contributed by atoms with E-state index >= 15 is 0 Å². The predicted molar refractivity (Wildman–Crippen MR) is 46.2 cm³/mol. The molecule has 0 amide bonds. The Morgan fingerprint density at radius 3 is 2.67 bits per heavy atom. The quantitative estimate of drug-likeness (QED) is 0.414. The highest BCUT2D eigenvalue weighted by Crippen LogP contribution is 2.12. The van der Waals surface area contributed by atoms with Crippen LogP contribution in [0.2, 0.25) is 0 Å². The third-order valence-electron chi connectivity index (χ3n) is 1.37. The predicted octanol–water partition coefficient (Wildman–Crippen LogP) is -0.678. The van der Waals surface area contributed by atoms with Crippen LogP contribution in [-0.4, -0.2) is 15.7 Å². The average Bonchev–Trinajstić information content (AvgIpc) is 1.96. The summed E-state index contributed by atoms with van der Waals surface area (Å²) in [4.78, 5) is 16.4. The maximum Gasteiger partial charge on any atom is 0.347 e. The van der Waals surface area contributed by atoms with E-state index < -0.39 is 5.69 Å². The van der Waals surface area contributed by atoms with Crippen LogP contribution in [0.5, 0.6) is 0 Å². The van der Waals surface area contributed by atoms with Gasteiger partial charge in [0.1, 0.15) is 5.69 Å². The fourth-order valence-corrected chi connectivity index (χ4v) is 0.796. The highest BCUT2D eigenvalue weighted by atomic mass is 16.1. The fourth-order valence-electron chi connectivity index (χ4n) is 0.796. The first-order valence-electron chi connectivity index (χ1n) is 3.23. The van der Waals surface area contributed by atoms with Gasteiger partial charge in [0.15, 0.2) is 5.82 Å². The Hall–Kier alpha value is -1.85. The number of nitrogens with two attached hydrogens (primary N) is 2. The topological polar surface area (TPSA) is 122 Å². The second-order valence-corrected chi connectivity index (χ2v) is 2.34. The number of nitrogens with zero attached hydrogens (tertiary/aromatic N) is 1. The number of nitrogen functional groups attached to an aromatic ring is 2. The summed E-state index contributed by atoms with van der Waals surface area (Å²) >= 11 is 0. The van der Waals surface area contributed by atoms with Gasteiger partial charge in [-0.05, 0) is 6.92 Å². The zero-order valence-electron chi connectivity index (χ0n) is 6.51. The zero-order chi connectivity index (χ0) is 9.30. The lowest BCUT2D eigenvalue weighted by molar-refractivity contribution is 1.07. The minimum atomic E-state index is -0.594. The molecular formula is C6H9N5O. The molecule has 0 bridgehead atoms. The minimum Gasteiger partial charge on any atom is -0.394 e.